The van der Waals surface area contributed by atoms with Crippen molar-refractivity contribution in [3.05, 3.63) is 80.3 Å². The van der Waals surface area contributed by atoms with E-state index in [1.807, 2.05) is 34.9 Å². The standard InChI is InChI=1S/C19H14FN3OS3/c1-22-17(24)15-16(23(19(25)27-15)14-5-3-2-4-6-14)21-18(22)26-11-12-7-9-13(20)10-8-12/h2-10H,11H2,1H3. The van der Waals surface area contributed by atoms with Gasteiger partial charge in [-0.3, -0.25) is 13.9 Å². The molecule has 4 rings (SSSR count). The first-order valence-corrected chi connectivity index (χ1v) is 10.3. The highest BCUT2D eigenvalue weighted by atomic mass is 32.2. The fourth-order valence-electron chi connectivity index (χ4n) is 2.67. The van der Waals surface area contributed by atoms with Crippen molar-refractivity contribution in [1.82, 2.24) is 14.1 Å². The predicted molar refractivity (Wildman–Crippen MR) is 111 cm³/mol. The molecule has 4 nitrogen and oxygen atoms in total. The topological polar surface area (TPSA) is 39.8 Å². The summed E-state index contributed by atoms with van der Waals surface area (Å²) in [6, 6.07) is 16.0. The number of para-hydroxylation sites is 1. The number of rotatable bonds is 4. The molecular formula is C19H14FN3OS3. The maximum atomic E-state index is 13.1. The van der Waals surface area contributed by atoms with E-state index >= 15 is 0 Å². The maximum Gasteiger partial charge on any atom is 0.273 e. The van der Waals surface area contributed by atoms with E-state index in [0.29, 0.717) is 25.2 Å². The highest BCUT2D eigenvalue weighted by molar-refractivity contribution is 7.98. The van der Waals surface area contributed by atoms with Gasteiger partial charge in [-0.2, -0.15) is 0 Å². The minimum absolute atomic E-state index is 0.118. The molecule has 8 heteroatoms. The lowest BCUT2D eigenvalue weighted by molar-refractivity contribution is 0.627. The van der Waals surface area contributed by atoms with E-state index in [9.17, 15) is 9.18 Å². The van der Waals surface area contributed by atoms with E-state index in [1.54, 1.807) is 19.2 Å². The third kappa shape index (κ3) is 3.47. The Morgan fingerprint density at radius 2 is 1.85 bits per heavy atom. The molecule has 2 aromatic heterocycles. The van der Waals surface area contributed by atoms with Crippen molar-refractivity contribution in [2.75, 3.05) is 0 Å². The zero-order chi connectivity index (χ0) is 19.0. The van der Waals surface area contributed by atoms with Crippen LogP contribution in [0.2, 0.25) is 0 Å². The minimum atomic E-state index is -0.268. The van der Waals surface area contributed by atoms with Gasteiger partial charge in [-0.25, -0.2) is 9.37 Å². The number of benzene rings is 2. The van der Waals surface area contributed by atoms with Crippen molar-refractivity contribution in [1.29, 1.82) is 0 Å². The van der Waals surface area contributed by atoms with Gasteiger partial charge in [0.05, 0.1) is 0 Å². The van der Waals surface area contributed by atoms with Crippen LogP contribution in [0, 0.1) is 9.77 Å². The average Bonchev–Trinajstić information content (AvgIpc) is 3.01. The van der Waals surface area contributed by atoms with Gasteiger partial charge in [0.25, 0.3) is 5.56 Å². The van der Waals surface area contributed by atoms with Gasteiger partial charge in [0.1, 0.15) is 10.5 Å². The molecule has 136 valence electrons. The van der Waals surface area contributed by atoms with Crippen LogP contribution in [0.25, 0.3) is 16.0 Å². The van der Waals surface area contributed by atoms with Gasteiger partial charge >= 0.3 is 0 Å². The molecule has 0 bridgehead atoms. The van der Waals surface area contributed by atoms with E-state index in [-0.39, 0.29) is 11.4 Å². The van der Waals surface area contributed by atoms with Gasteiger partial charge in [-0.15, -0.1) is 0 Å². The second kappa shape index (κ2) is 7.38. The minimum Gasteiger partial charge on any atom is -0.289 e. The second-order valence-electron chi connectivity index (χ2n) is 5.87. The fourth-order valence-corrected chi connectivity index (χ4v) is 4.94. The average molecular weight is 416 g/mol. The van der Waals surface area contributed by atoms with Crippen LogP contribution in [0.3, 0.4) is 0 Å². The van der Waals surface area contributed by atoms with Crippen LogP contribution < -0.4 is 5.56 Å². The zero-order valence-corrected chi connectivity index (χ0v) is 16.7. The van der Waals surface area contributed by atoms with Crippen LogP contribution in [-0.2, 0) is 12.8 Å². The summed E-state index contributed by atoms with van der Waals surface area (Å²) in [7, 11) is 1.71. The Hall–Kier alpha value is -2.29. The molecule has 27 heavy (non-hydrogen) atoms. The molecule has 0 atom stereocenters. The number of halogens is 1. The highest BCUT2D eigenvalue weighted by Crippen LogP contribution is 2.26. The zero-order valence-electron chi connectivity index (χ0n) is 14.3. The first-order valence-electron chi connectivity index (χ1n) is 8.10. The number of nitrogens with zero attached hydrogens (tertiary/aromatic N) is 3. The molecule has 0 amide bonds. The quantitative estimate of drug-likeness (QED) is 0.269. The summed E-state index contributed by atoms with van der Waals surface area (Å²) in [6.45, 7) is 0. The number of hydrogen-bond acceptors (Lipinski definition) is 5. The molecule has 0 aliphatic heterocycles. The maximum absolute atomic E-state index is 13.1. The third-order valence-corrected chi connectivity index (χ3v) is 6.52. The normalized spacial score (nSPS) is 11.2. The monoisotopic (exact) mass is 415 g/mol. The summed E-state index contributed by atoms with van der Waals surface area (Å²) in [6.07, 6.45) is 0. The molecule has 0 fully saturated rings. The lowest BCUT2D eigenvalue weighted by Crippen LogP contribution is -2.19. The molecule has 2 aromatic carbocycles. The lowest BCUT2D eigenvalue weighted by Gasteiger charge is -2.09. The van der Waals surface area contributed by atoms with Crippen LogP contribution in [0.1, 0.15) is 5.56 Å². The van der Waals surface area contributed by atoms with Gasteiger partial charge in [0, 0.05) is 18.5 Å². The van der Waals surface area contributed by atoms with Gasteiger partial charge in [-0.05, 0) is 42.0 Å². The Morgan fingerprint density at radius 3 is 2.56 bits per heavy atom. The van der Waals surface area contributed by atoms with E-state index in [0.717, 1.165) is 11.3 Å². The molecule has 2 heterocycles. The Morgan fingerprint density at radius 1 is 1.15 bits per heavy atom. The molecule has 0 radical (unpaired) electrons. The van der Waals surface area contributed by atoms with Gasteiger partial charge < -0.3 is 0 Å². The van der Waals surface area contributed by atoms with Crippen molar-refractivity contribution >= 4 is 45.7 Å². The third-order valence-electron chi connectivity index (χ3n) is 4.07. The Kier molecular flexibility index (Phi) is 4.94. The van der Waals surface area contributed by atoms with Gasteiger partial charge in [0.2, 0.25) is 0 Å². The smallest absolute Gasteiger partial charge is 0.273 e. The molecule has 0 spiro atoms. The van der Waals surface area contributed by atoms with Crippen LogP contribution in [0.5, 0.6) is 0 Å². The van der Waals surface area contributed by atoms with E-state index in [2.05, 4.69) is 0 Å². The van der Waals surface area contributed by atoms with E-state index in [4.69, 9.17) is 17.2 Å². The summed E-state index contributed by atoms with van der Waals surface area (Å²) < 4.78 is 17.6. The molecule has 0 saturated heterocycles. The Labute approximate surface area is 167 Å². The first kappa shape index (κ1) is 18.1. The fraction of sp³-hybridized carbons (Fsp3) is 0.105. The second-order valence-corrected chi connectivity index (χ2v) is 8.45. The Balaban J connectivity index is 1.80. The molecule has 0 N–H and O–H groups in total. The molecular weight excluding hydrogens is 401 g/mol. The predicted octanol–water partition coefficient (Wildman–Crippen LogP) is 4.95. The summed E-state index contributed by atoms with van der Waals surface area (Å²) >= 11 is 8.19. The van der Waals surface area contributed by atoms with E-state index in [1.165, 1.54) is 39.8 Å². The summed E-state index contributed by atoms with van der Waals surface area (Å²) in [4.78, 5) is 17.5. The van der Waals surface area contributed by atoms with Crippen molar-refractivity contribution in [2.24, 2.45) is 7.05 Å². The SMILES string of the molecule is Cn1c(SCc2ccc(F)cc2)nc2c(sc(=S)n2-c2ccccc2)c1=O. The van der Waals surface area contributed by atoms with Crippen LogP contribution in [0.4, 0.5) is 4.39 Å². The van der Waals surface area contributed by atoms with Crippen LogP contribution >= 0.6 is 35.3 Å². The van der Waals surface area contributed by atoms with Crippen molar-refractivity contribution in [3.63, 3.8) is 0 Å². The highest BCUT2D eigenvalue weighted by Gasteiger charge is 2.16. The van der Waals surface area contributed by atoms with Gasteiger partial charge in [0.15, 0.2) is 14.8 Å². The first-order chi connectivity index (χ1) is 13.0. The number of hydrogen-bond donors (Lipinski definition) is 0. The van der Waals surface area contributed by atoms with E-state index < -0.39 is 0 Å². The number of fused-ring (bicyclic) bond motifs is 1. The van der Waals surface area contributed by atoms with Gasteiger partial charge in [-0.1, -0.05) is 53.4 Å². The van der Waals surface area contributed by atoms with Crippen LogP contribution in [0.15, 0.2) is 64.5 Å². The van der Waals surface area contributed by atoms with Crippen molar-refractivity contribution < 1.29 is 4.39 Å². The summed E-state index contributed by atoms with van der Waals surface area (Å²) in [5.74, 6) is 0.318. The molecule has 0 aliphatic carbocycles. The van der Waals surface area contributed by atoms with Crippen molar-refractivity contribution in [2.45, 2.75) is 10.9 Å². The molecule has 4 aromatic rings. The molecule has 0 saturated carbocycles. The lowest BCUT2D eigenvalue weighted by atomic mass is 10.2. The summed E-state index contributed by atoms with van der Waals surface area (Å²) in [5.41, 5.74) is 2.29. The molecule has 0 unspecified atom stereocenters. The van der Waals surface area contributed by atoms with Crippen molar-refractivity contribution in [3.8, 4) is 5.69 Å². The van der Waals surface area contributed by atoms with Crippen LogP contribution in [-0.4, -0.2) is 14.1 Å². The molecule has 0 aliphatic rings. The number of thiazole rings is 1. The number of aromatic nitrogens is 3. The summed E-state index contributed by atoms with van der Waals surface area (Å²) in [5, 5.41) is 0.592. The largest absolute Gasteiger partial charge is 0.289 e. The number of thioether (sulfide) groups is 1. The Bertz CT molecular complexity index is 1230.